The number of amides is 1. The number of aryl methyl sites for hydroxylation is 1. The highest BCUT2D eigenvalue weighted by Crippen LogP contribution is 2.16. The second-order valence-corrected chi connectivity index (χ2v) is 5.92. The standard InChI is InChI=1S/C19H17ClN4O/c1-13-17(14(2)24(23-13)15-8-4-3-5-9-15)12-21-22-19(25)16-10-6-7-11-18(16)20/h3-12H,1-2H3,(H,22,25)/b21-12-. The molecule has 1 N–H and O–H groups in total. The van der Waals surface area contributed by atoms with Crippen LogP contribution >= 0.6 is 11.6 Å². The lowest BCUT2D eigenvalue weighted by atomic mass is 10.2. The molecule has 3 aromatic rings. The number of carbonyl (C=O) groups excluding carboxylic acids is 1. The topological polar surface area (TPSA) is 59.3 Å². The van der Waals surface area contributed by atoms with Gasteiger partial charge in [0.15, 0.2) is 0 Å². The van der Waals surface area contributed by atoms with E-state index in [1.54, 1.807) is 30.5 Å². The number of nitrogens with zero attached hydrogens (tertiary/aromatic N) is 3. The lowest BCUT2D eigenvalue weighted by Crippen LogP contribution is -2.18. The first kappa shape index (κ1) is 16.9. The number of rotatable bonds is 4. The van der Waals surface area contributed by atoms with Crippen molar-refractivity contribution in [3.05, 3.63) is 82.1 Å². The van der Waals surface area contributed by atoms with Crippen molar-refractivity contribution in [1.29, 1.82) is 0 Å². The zero-order chi connectivity index (χ0) is 17.8. The van der Waals surface area contributed by atoms with Gasteiger partial charge in [0.25, 0.3) is 5.91 Å². The Morgan fingerprint density at radius 1 is 1.12 bits per heavy atom. The monoisotopic (exact) mass is 352 g/mol. The van der Waals surface area contributed by atoms with E-state index >= 15 is 0 Å². The SMILES string of the molecule is Cc1nn(-c2ccccc2)c(C)c1/C=N\NC(=O)c1ccccc1Cl. The van der Waals surface area contributed by atoms with Gasteiger partial charge in [-0.3, -0.25) is 4.79 Å². The predicted molar refractivity (Wildman–Crippen MR) is 99.6 cm³/mol. The molecule has 0 fully saturated rings. The van der Waals surface area contributed by atoms with Gasteiger partial charge in [0.1, 0.15) is 0 Å². The zero-order valence-electron chi connectivity index (χ0n) is 13.9. The minimum Gasteiger partial charge on any atom is -0.267 e. The molecule has 0 aliphatic heterocycles. The van der Waals surface area contributed by atoms with Crippen LogP contribution in [-0.2, 0) is 0 Å². The molecule has 0 radical (unpaired) electrons. The summed E-state index contributed by atoms with van der Waals surface area (Å²) in [5.74, 6) is -0.354. The van der Waals surface area contributed by atoms with Crippen molar-refractivity contribution >= 4 is 23.7 Å². The quantitative estimate of drug-likeness (QED) is 0.571. The second-order valence-electron chi connectivity index (χ2n) is 5.51. The molecule has 0 saturated carbocycles. The molecular formula is C19H17ClN4O. The molecule has 0 aliphatic carbocycles. The highest BCUT2D eigenvalue weighted by atomic mass is 35.5. The van der Waals surface area contributed by atoms with Gasteiger partial charge in [-0.15, -0.1) is 0 Å². The van der Waals surface area contributed by atoms with Crippen molar-refractivity contribution < 1.29 is 4.79 Å². The molecule has 0 unspecified atom stereocenters. The van der Waals surface area contributed by atoms with Crippen molar-refractivity contribution in [2.75, 3.05) is 0 Å². The molecule has 0 spiro atoms. The summed E-state index contributed by atoms with van der Waals surface area (Å²) in [6.07, 6.45) is 1.60. The van der Waals surface area contributed by atoms with E-state index < -0.39 is 0 Å². The fourth-order valence-corrected chi connectivity index (χ4v) is 2.74. The summed E-state index contributed by atoms with van der Waals surface area (Å²) in [6, 6.07) is 16.7. The maximum atomic E-state index is 12.1. The molecule has 0 aliphatic rings. The number of nitrogens with one attached hydrogen (secondary N) is 1. The number of hydrogen-bond acceptors (Lipinski definition) is 3. The lowest BCUT2D eigenvalue weighted by Gasteiger charge is -2.04. The molecule has 1 aromatic heterocycles. The first-order valence-electron chi connectivity index (χ1n) is 7.77. The summed E-state index contributed by atoms with van der Waals surface area (Å²) in [5, 5.41) is 8.98. The van der Waals surface area contributed by atoms with Gasteiger partial charge in [-0.1, -0.05) is 41.9 Å². The lowest BCUT2D eigenvalue weighted by molar-refractivity contribution is 0.0955. The Bertz CT molecular complexity index is 932. The summed E-state index contributed by atoms with van der Waals surface area (Å²) in [7, 11) is 0. The zero-order valence-corrected chi connectivity index (χ0v) is 14.7. The van der Waals surface area contributed by atoms with Crippen LogP contribution in [0.3, 0.4) is 0 Å². The summed E-state index contributed by atoms with van der Waals surface area (Å²) in [6.45, 7) is 3.87. The van der Waals surface area contributed by atoms with Crippen LogP contribution in [0.5, 0.6) is 0 Å². The van der Waals surface area contributed by atoms with Crippen molar-refractivity contribution in [1.82, 2.24) is 15.2 Å². The molecule has 25 heavy (non-hydrogen) atoms. The first-order valence-corrected chi connectivity index (χ1v) is 8.15. The second kappa shape index (κ2) is 7.32. The maximum Gasteiger partial charge on any atom is 0.272 e. The molecule has 0 bridgehead atoms. The van der Waals surface area contributed by atoms with Gasteiger partial charge in [-0.05, 0) is 38.1 Å². The van der Waals surface area contributed by atoms with Crippen LogP contribution in [0.25, 0.3) is 5.69 Å². The molecule has 2 aromatic carbocycles. The molecule has 6 heteroatoms. The summed E-state index contributed by atoms with van der Waals surface area (Å²) >= 11 is 6.01. The minimum atomic E-state index is -0.354. The van der Waals surface area contributed by atoms with E-state index in [4.69, 9.17) is 11.6 Å². The Kier molecular flexibility index (Phi) is 4.95. The van der Waals surface area contributed by atoms with Crippen LogP contribution in [0.2, 0.25) is 5.02 Å². The van der Waals surface area contributed by atoms with Gasteiger partial charge in [-0.2, -0.15) is 10.2 Å². The summed E-state index contributed by atoms with van der Waals surface area (Å²) in [4.78, 5) is 12.1. The van der Waals surface area contributed by atoms with E-state index in [-0.39, 0.29) is 5.91 Å². The van der Waals surface area contributed by atoms with Gasteiger partial charge < -0.3 is 0 Å². The normalized spacial score (nSPS) is 11.0. The third-order valence-electron chi connectivity index (χ3n) is 3.83. The Labute approximate surface area is 150 Å². The number of carbonyl (C=O) groups is 1. The number of benzene rings is 2. The fraction of sp³-hybridized carbons (Fsp3) is 0.105. The fourth-order valence-electron chi connectivity index (χ4n) is 2.52. The van der Waals surface area contributed by atoms with Gasteiger partial charge in [-0.25, -0.2) is 10.1 Å². The minimum absolute atomic E-state index is 0.354. The van der Waals surface area contributed by atoms with Crippen LogP contribution in [0, 0.1) is 13.8 Å². The van der Waals surface area contributed by atoms with Crippen LogP contribution in [0.15, 0.2) is 59.7 Å². The molecule has 0 atom stereocenters. The molecule has 3 rings (SSSR count). The van der Waals surface area contributed by atoms with Crippen LogP contribution in [-0.4, -0.2) is 21.9 Å². The molecular weight excluding hydrogens is 336 g/mol. The molecule has 0 saturated heterocycles. The Morgan fingerprint density at radius 2 is 1.80 bits per heavy atom. The smallest absolute Gasteiger partial charge is 0.267 e. The van der Waals surface area contributed by atoms with Crippen molar-refractivity contribution in [3.8, 4) is 5.69 Å². The van der Waals surface area contributed by atoms with Crippen molar-refractivity contribution in [2.24, 2.45) is 5.10 Å². The highest BCUT2D eigenvalue weighted by molar-refractivity contribution is 6.33. The number of halogens is 1. The van der Waals surface area contributed by atoms with E-state index in [1.165, 1.54) is 0 Å². The summed E-state index contributed by atoms with van der Waals surface area (Å²) < 4.78 is 1.85. The van der Waals surface area contributed by atoms with Crippen molar-refractivity contribution in [2.45, 2.75) is 13.8 Å². The van der Waals surface area contributed by atoms with Crippen LogP contribution < -0.4 is 5.43 Å². The number of aromatic nitrogens is 2. The molecule has 1 heterocycles. The largest absolute Gasteiger partial charge is 0.272 e. The molecule has 126 valence electrons. The Balaban J connectivity index is 1.80. The third-order valence-corrected chi connectivity index (χ3v) is 4.16. The van der Waals surface area contributed by atoms with Crippen molar-refractivity contribution in [3.63, 3.8) is 0 Å². The number of para-hydroxylation sites is 1. The van der Waals surface area contributed by atoms with Gasteiger partial charge in [0.2, 0.25) is 0 Å². The van der Waals surface area contributed by atoms with Gasteiger partial charge in [0.05, 0.1) is 33.9 Å². The average molecular weight is 353 g/mol. The Hall–Kier alpha value is -2.92. The van der Waals surface area contributed by atoms with E-state index in [9.17, 15) is 4.79 Å². The Morgan fingerprint density at radius 3 is 2.52 bits per heavy atom. The molecule has 1 amide bonds. The highest BCUT2D eigenvalue weighted by Gasteiger charge is 2.12. The maximum absolute atomic E-state index is 12.1. The van der Waals surface area contributed by atoms with E-state index in [2.05, 4.69) is 15.6 Å². The number of hydrogen-bond donors (Lipinski definition) is 1. The first-order chi connectivity index (χ1) is 12.1. The predicted octanol–water partition coefficient (Wildman–Crippen LogP) is 3.91. The van der Waals surface area contributed by atoms with Crippen LogP contribution in [0.4, 0.5) is 0 Å². The average Bonchev–Trinajstić information content (AvgIpc) is 2.91. The third kappa shape index (κ3) is 3.61. The molecule has 5 nitrogen and oxygen atoms in total. The van der Waals surface area contributed by atoms with E-state index in [1.807, 2.05) is 48.9 Å². The summed E-state index contributed by atoms with van der Waals surface area (Å²) in [5.41, 5.74) is 6.50. The van der Waals surface area contributed by atoms with Gasteiger partial charge >= 0.3 is 0 Å². The van der Waals surface area contributed by atoms with E-state index in [0.29, 0.717) is 10.6 Å². The van der Waals surface area contributed by atoms with Gasteiger partial charge in [0, 0.05) is 5.56 Å². The van der Waals surface area contributed by atoms with Crippen LogP contribution in [0.1, 0.15) is 27.3 Å². The van der Waals surface area contributed by atoms with E-state index in [0.717, 1.165) is 22.6 Å². The number of hydrazone groups is 1.